The molecule has 0 spiro atoms. The average Bonchev–Trinajstić information content (AvgIpc) is 3.37. The first-order chi connectivity index (χ1) is 19.3. The molecule has 0 saturated heterocycles. The van der Waals surface area contributed by atoms with Crippen LogP contribution in [0.1, 0.15) is 6.42 Å². The van der Waals surface area contributed by atoms with Crippen LogP contribution in [0.3, 0.4) is 0 Å². The number of fused-ring (bicyclic) bond motifs is 3. The molecule has 1 atom stereocenters. The van der Waals surface area contributed by atoms with Crippen molar-refractivity contribution in [1.29, 1.82) is 0 Å². The Hall–Kier alpha value is -5.02. The minimum Gasteiger partial charge on any atom is -0.456 e. The fraction of sp³-hybridized carbons (Fsp3) is 0.0556. The van der Waals surface area contributed by atoms with Gasteiger partial charge in [0.1, 0.15) is 11.2 Å². The molecule has 1 unspecified atom stereocenters. The van der Waals surface area contributed by atoms with E-state index in [0.717, 1.165) is 51.1 Å². The van der Waals surface area contributed by atoms with E-state index in [4.69, 9.17) is 4.42 Å². The summed E-state index contributed by atoms with van der Waals surface area (Å²) in [7, 11) is 0. The SMILES string of the molecule is C1=CCC(N(c2ccccc2)c2ccc3oc4ccc(N(c5ccccc5)c5ccccc5)cc4c3c2)C=C1. The number of anilines is 5. The molecule has 0 amide bonds. The van der Waals surface area contributed by atoms with Crippen LogP contribution >= 0.6 is 0 Å². The summed E-state index contributed by atoms with van der Waals surface area (Å²) < 4.78 is 6.32. The Labute approximate surface area is 228 Å². The molecule has 1 aliphatic carbocycles. The van der Waals surface area contributed by atoms with E-state index in [1.807, 2.05) is 0 Å². The highest BCUT2D eigenvalue weighted by molar-refractivity contribution is 6.08. The maximum atomic E-state index is 6.32. The fourth-order valence-electron chi connectivity index (χ4n) is 5.52. The van der Waals surface area contributed by atoms with Crippen LogP contribution in [0.4, 0.5) is 28.4 Å². The lowest BCUT2D eigenvalue weighted by Gasteiger charge is -2.32. The van der Waals surface area contributed by atoms with Crippen LogP contribution in [-0.4, -0.2) is 6.04 Å². The zero-order valence-corrected chi connectivity index (χ0v) is 21.5. The van der Waals surface area contributed by atoms with E-state index in [1.54, 1.807) is 0 Å². The largest absolute Gasteiger partial charge is 0.456 e. The number of nitrogens with zero attached hydrogens (tertiary/aromatic N) is 2. The van der Waals surface area contributed by atoms with E-state index < -0.39 is 0 Å². The zero-order chi connectivity index (χ0) is 26.0. The predicted octanol–water partition coefficient (Wildman–Crippen LogP) is 10.1. The third-order valence-corrected chi connectivity index (χ3v) is 7.33. The Morgan fingerprint density at radius 3 is 1.62 bits per heavy atom. The lowest BCUT2D eigenvalue weighted by molar-refractivity contribution is 0.669. The van der Waals surface area contributed by atoms with Crippen LogP contribution in [0, 0.1) is 0 Å². The van der Waals surface area contributed by atoms with Crippen molar-refractivity contribution >= 4 is 50.4 Å². The Morgan fingerprint density at radius 1 is 0.513 bits per heavy atom. The van der Waals surface area contributed by atoms with Crippen molar-refractivity contribution in [1.82, 2.24) is 0 Å². The molecule has 1 aromatic heterocycles. The molecule has 39 heavy (non-hydrogen) atoms. The molecule has 1 heterocycles. The first-order valence-corrected chi connectivity index (χ1v) is 13.4. The van der Waals surface area contributed by atoms with Crippen LogP contribution in [0.5, 0.6) is 0 Å². The van der Waals surface area contributed by atoms with E-state index in [2.05, 4.69) is 161 Å². The summed E-state index contributed by atoms with van der Waals surface area (Å²) in [5.41, 5.74) is 7.42. The second-order valence-electron chi connectivity index (χ2n) is 9.79. The van der Waals surface area contributed by atoms with Crippen molar-refractivity contribution < 1.29 is 4.42 Å². The summed E-state index contributed by atoms with van der Waals surface area (Å²) in [6, 6.07) is 44.9. The smallest absolute Gasteiger partial charge is 0.135 e. The van der Waals surface area contributed by atoms with Crippen molar-refractivity contribution in [2.45, 2.75) is 12.5 Å². The van der Waals surface area contributed by atoms with Gasteiger partial charge in [-0.05, 0) is 79.2 Å². The Balaban J connectivity index is 1.38. The molecule has 0 bridgehead atoms. The van der Waals surface area contributed by atoms with Gasteiger partial charge in [-0.1, -0.05) is 78.9 Å². The van der Waals surface area contributed by atoms with Gasteiger partial charge in [-0.15, -0.1) is 0 Å². The molecule has 0 radical (unpaired) electrons. The predicted molar refractivity (Wildman–Crippen MR) is 164 cm³/mol. The average molecular weight is 505 g/mol. The highest BCUT2D eigenvalue weighted by Gasteiger charge is 2.21. The number of para-hydroxylation sites is 3. The van der Waals surface area contributed by atoms with Crippen LogP contribution in [-0.2, 0) is 0 Å². The lowest BCUT2D eigenvalue weighted by atomic mass is 10.0. The van der Waals surface area contributed by atoms with Gasteiger partial charge in [-0.25, -0.2) is 0 Å². The van der Waals surface area contributed by atoms with Gasteiger partial charge >= 0.3 is 0 Å². The van der Waals surface area contributed by atoms with E-state index in [-0.39, 0.29) is 6.04 Å². The molecule has 5 aromatic carbocycles. The van der Waals surface area contributed by atoms with E-state index in [9.17, 15) is 0 Å². The minimum atomic E-state index is 0.246. The maximum Gasteiger partial charge on any atom is 0.135 e. The third-order valence-electron chi connectivity index (χ3n) is 7.33. The molecule has 6 aromatic rings. The second-order valence-corrected chi connectivity index (χ2v) is 9.79. The molecule has 0 fully saturated rings. The summed E-state index contributed by atoms with van der Waals surface area (Å²) in [5, 5.41) is 2.22. The number of hydrogen-bond donors (Lipinski definition) is 0. The van der Waals surface area contributed by atoms with Gasteiger partial charge in [0.05, 0.1) is 6.04 Å². The van der Waals surface area contributed by atoms with Crippen molar-refractivity contribution in [3.8, 4) is 0 Å². The Morgan fingerprint density at radius 2 is 1.05 bits per heavy atom. The number of allylic oxidation sites excluding steroid dienone is 2. The van der Waals surface area contributed by atoms with Gasteiger partial charge in [-0.2, -0.15) is 0 Å². The maximum absolute atomic E-state index is 6.32. The topological polar surface area (TPSA) is 19.6 Å². The monoisotopic (exact) mass is 504 g/mol. The number of furan rings is 1. The highest BCUT2D eigenvalue weighted by Crippen LogP contribution is 2.40. The number of rotatable bonds is 6. The van der Waals surface area contributed by atoms with Gasteiger partial charge < -0.3 is 14.2 Å². The molecular formula is C36H28N2O. The molecule has 0 aliphatic heterocycles. The van der Waals surface area contributed by atoms with E-state index >= 15 is 0 Å². The quantitative estimate of drug-likeness (QED) is 0.225. The zero-order valence-electron chi connectivity index (χ0n) is 21.5. The van der Waals surface area contributed by atoms with Gasteiger partial charge in [0.15, 0.2) is 0 Å². The lowest BCUT2D eigenvalue weighted by Crippen LogP contribution is -2.29. The minimum absolute atomic E-state index is 0.246. The van der Waals surface area contributed by atoms with Gasteiger partial charge in [0.2, 0.25) is 0 Å². The van der Waals surface area contributed by atoms with Gasteiger partial charge in [0.25, 0.3) is 0 Å². The molecule has 1 aliphatic rings. The third kappa shape index (κ3) is 4.38. The van der Waals surface area contributed by atoms with Gasteiger partial charge in [0, 0.05) is 39.2 Å². The first-order valence-electron chi connectivity index (χ1n) is 13.4. The van der Waals surface area contributed by atoms with Crippen molar-refractivity contribution in [3.63, 3.8) is 0 Å². The summed E-state index contributed by atoms with van der Waals surface area (Å²) in [4.78, 5) is 4.71. The van der Waals surface area contributed by atoms with E-state index in [0.29, 0.717) is 0 Å². The standard InChI is InChI=1S/C36H28N2O/c1-5-13-27(14-6-1)37(28-15-7-2-8-16-28)31-21-23-35-33(25-31)34-26-32(22-24-36(34)39-35)38(29-17-9-3-10-18-29)30-19-11-4-12-20-30/h1-19,21-26,30H,20H2. The van der Waals surface area contributed by atoms with Crippen LogP contribution < -0.4 is 9.80 Å². The molecule has 7 rings (SSSR count). The summed E-state index contributed by atoms with van der Waals surface area (Å²) in [6.45, 7) is 0. The Kier molecular flexibility index (Phi) is 5.95. The van der Waals surface area contributed by atoms with Crippen LogP contribution in [0.15, 0.2) is 156 Å². The molecule has 0 saturated carbocycles. The molecular weight excluding hydrogens is 476 g/mol. The second kappa shape index (κ2) is 10.0. The summed E-state index contributed by atoms with van der Waals surface area (Å²) in [6.07, 6.45) is 9.74. The highest BCUT2D eigenvalue weighted by atomic mass is 16.3. The number of benzene rings is 5. The van der Waals surface area contributed by atoms with Crippen molar-refractivity contribution in [2.75, 3.05) is 9.80 Å². The molecule has 0 N–H and O–H groups in total. The Bertz CT molecular complexity index is 1750. The van der Waals surface area contributed by atoms with Crippen molar-refractivity contribution in [3.05, 3.63) is 152 Å². The van der Waals surface area contributed by atoms with Crippen LogP contribution in [0.25, 0.3) is 21.9 Å². The summed E-state index contributed by atoms with van der Waals surface area (Å²) in [5.74, 6) is 0. The molecule has 3 heteroatoms. The van der Waals surface area contributed by atoms with Crippen LogP contribution in [0.2, 0.25) is 0 Å². The van der Waals surface area contributed by atoms with E-state index in [1.165, 1.54) is 5.69 Å². The normalized spacial score (nSPS) is 14.6. The fourth-order valence-corrected chi connectivity index (χ4v) is 5.52. The molecule has 188 valence electrons. The first kappa shape index (κ1) is 23.1. The summed E-state index contributed by atoms with van der Waals surface area (Å²) >= 11 is 0. The molecule has 3 nitrogen and oxygen atoms in total. The van der Waals surface area contributed by atoms with Gasteiger partial charge in [-0.3, -0.25) is 0 Å². The number of hydrogen-bond acceptors (Lipinski definition) is 3. The van der Waals surface area contributed by atoms with Crippen molar-refractivity contribution in [2.24, 2.45) is 0 Å².